The molecule has 1 atom stereocenters. The molecule has 1 aromatic heterocycles. The number of aromatic nitrogens is 1. The maximum atomic E-state index is 12.6. The van der Waals surface area contributed by atoms with Crippen LogP contribution in [0.1, 0.15) is 36.4 Å². The summed E-state index contributed by atoms with van der Waals surface area (Å²) in [5, 5.41) is 6.29. The van der Waals surface area contributed by atoms with Gasteiger partial charge < -0.3 is 14.8 Å². The number of piperidine rings is 1. The first-order chi connectivity index (χ1) is 14.2. The molecular weight excluding hydrogens is 386 g/mol. The van der Waals surface area contributed by atoms with Crippen LogP contribution in [-0.4, -0.2) is 48.2 Å². The van der Waals surface area contributed by atoms with Gasteiger partial charge in [0.2, 0.25) is 5.91 Å². The predicted octanol–water partition coefficient (Wildman–Crippen LogP) is 3.86. The molecule has 29 heavy (non-hydrogen) atoms. The number of nitrogens with zero attached hydrogens (tertiary/aromatic N) is 2. The van der Waals surface area contributed by atoms with Crippen molar-refractivity contribution >= 4 is 22.9 Å². The number of ether oxygens (including phenoxy) is 2. The number of carbonyl (C=O) groups is 1. The highest BCUT2D eigenvalue weighted by Gasteiger charge is 2.25. The molecule has 6 nitrogen and oxygen atoms in total. The van der Waals surface area contributed by atoms with Crippen LogP contribution in [0.2, 0.25) is 0 Å². The van der Waals surface area contributed by atoms with E-state index in [1.54, 1.807) is 11.3 Å². The summed E-state index contributed by atoms with van der Waals surface area (Å²) in [7, 11) is 0. The summed E-state index contributed by atoms with van der Waals surface area (Å²) in [6, 6.07) is 7.62. The van der Waals surface area contributed by atoms with Gasteiger partial charge in [0.15, 0.2) is 0 Å². The van der Waals surface area contributed by atoms with Gasteiger partial charge in [-0.2, -0.15) is 0 Å². The fourth-order valence-corrected chi connectivity index (χ4v) is 4.51. The molecule has 2 fully saturated rings. The van der Waals surface area contributed by atoms with Gasteiger partial charge in [-0.3, -0.25) is 9.69 Å². The number of hydrogen-bond acceptors (Lipinski definition) is 6. The average molecular weight is 416 g/mol. The molecule has 2 aliphatic heterocycles. The molecule has 4 rings (SSSR count). The Bertz CT molecular complexity index is 794. The van der Waals surface area contributed by atoms with E-state index in [4.69, 9.17) is 9.47 Å². The van der Waals surface area contributed by atoms with Crippen LogP contribution in [0.5, 0.6) is 5.75 Å². The van der Waals surface area contributed by atoms with Crippen LogP contribution in [0, 0.1) is 12.8 Å². The molecule has 0 radical (unpaired) electrons. The van der Waals surface area contributed by atoms with Crippen LogP contribution in [-0.2, 0) is 16.1 Å². The summed E-state index contributed by atoms with van der Waals surface area (Å²) in [5.74, 6) is 0.991. The van der Waals surface area contributed by atoms with Crippen molar-refractivity contribution in [3.8, 4) is 5.75 Å². The van der Waals surface area contributed by atoms with E-state index in [1.165, 1.54) is 0 Å². The lowest BCUT2D eigenvalue weighted by atomic mass is 9.95. The molecule has 1 unspecified atom stereocenters. The molecule has 2 saturated heterocycles. The fraction of sp³-hybridized carbons (Fsp3) is 0.545. The first kappa shape index (κ1) is 20.3. The van der Waals surface area contributed by atoms with E-state index in [9.17, 15) is 4.79 Å². The maximum absolute atomic E-state index is 12.6. The van der Waals surface area contributed by atoms with Crippen LogP contribution >= 0.6 is 11.3 Å². The normalized spacial score (nSPS) is 20.7. The van der Waals surface area contributed by atoms with Gasteiger partial charge in [0.25, 0.3) is 0 Å². The first-order valence-electron chi connectivity index (χ1n) is 10.4. The van der Waals surface area contributed by atoms with Crippen molar-refractivity contribution < 1.29 is 14.3 Å². The number of aryl methyl sites for hydroxylation is 1. The second-order valence-electron chi connectivity index (χ2n) is 7.87. The second kappa shape index (κ2) is 9.69. The monoisotopic (exact) mass is 415 g/mol. The number of rotatable bonds is 7. The van der Waals surface area contributed by atoms with E-state index >= 15 is 0 Å². The van der Waals surface area contributed by atoms with Gasteiger partial charge in [0, 0.05) is 30.1 Å². The third-order valence-electron chi connectivity index (χ3n) is 5.59. The molecule has 156 valence electrons. The van der Waals surface area contributed by atoms with Gasteiger partial charge in [0.05, 0.1) is 16.8 Å². The topological polar surface area (TPSA) is 63.7 Å². The quantitative estimate of drug-likeness (QED) is 0.744. The van der Waals surface area contributed by atoms with Gasteiger partial charge in [-0.15, -0.1) is 11.3 Å². The number of hydrogen-bond donors (Lipinski definition) is 1. The number of thiazole rings is 1. The Balaban J connectivity index is 1.20. The first-order valence-corrected chi connectivity index (χ1v) is 11.3. The lowest BCUT2D eigenvalue weighted by molar-refractivity contribution is -0.121. The smallest absolute Gasteiger partial charge is 0.227 e. The van der Waals surface area contributed by atoms with Crippen LogP contribution in [0.25, 0.3) is 0 Å². The Hall–Kier alpha value is -1.96. The van der Waals surface area contributed by atoms with E-state index in [0.717, 1.165) is 74.1 Å². The van der Waals surface area contributed by atoms with Crippen LogP contribution < -0.4 is 10.1 Å². The highest BCUT2D eigenvalue weighted by atomic mass is 32.1. The molecule has 1 aromatic carbocycles. The average Bonchev–Trinajstić information content (AvgIpc) is 3.40. The van der Waals surface area contributed by atoms with Crippen LogP contribution in [0.15, 0.2) is 29.6 Å². The lowest BCUT2D eigenvalue weighted by Gasteiger charge is -2.30. The fourth-order valence-electron chi connectivity index (χ4n) is 3.91. The maximum Gasteiger partial charge on any atom is 0.227 e. The molecule has 1 N–H and O–H groups in total. The second-order valence-corrected chi connectivity index (χ2v) is 8.93. The minimum absolute atomic E-state index is 0.0684. The molecule has 0 saturated carbocycles. The standard InChI is InChI=1S/C22H29N3O3S/c1-16-23-19(15-29-16)13-25-10-8-17(9-11-25)22(26)24-18-4-6-20(7-5-18)28-14-21-3-2-12-27-21/h4-7,15,17,21H,2-3,8-14H2,1H3,(H,24,26). The highest BCUT2D eigenvalue weighted by Crippen LogP contribution is 2.23. The molecule has 2 aromatic rings. The van der Waals surface area contributed by atoms with E-state index in [-0.39, 0.29) is 17.9 Å². The SMILES string of the molecule is Cc1nc(CN2CCC(C(=O)Nc3ccc(OCC4CCCO4)cc3)CC2)cs1. The molecule has 0 bridgehead atoms. The Labute approximate surface area is 176 Å². The molecule has 7 heteroatoms. The van der Waals surface area contributed by atoms with Gasteiger partial charge >= 0.3 is 0 Å². The zero-order chi connectivity index (χ0) is 20.1. The lowest BCUT2D eigenvalue weighted by Crippen LogP contribution is -2.37. The number of amides is 1. The summed E-state index contributed by atoms with van der Waals surface area (Å²) < 4.78 is 11.4. The summed E-state index contributed by atoms with van der Waals surface area (Å²) in [5.41, 5.74) is 1.96. The Morgan fingerprint density at radius 3 is 2.72 bits per heavy atom. The van der Waals surface area contributed by atoms with Crippen molar-refractivity contribution in [3.63, 3.8) is 0 Å². The summed E-state index contributed by atoms with van der Waals surface area (Å²) in [6.07, 6.45) is 4.16. The summed E-state index contributed by atoms with van der Waals surface area (Å²) in [4.78, 5) is 19.6. The predicted molar refractivity (Wildman–Crippen MR) is 114 cm³/mol. The van der Waals surface area contributed by atoms with E-state index in [1.807, 2.05) is 31.2 Å². The molecule has 3 heterocycles. The van der Waals surface area contributed by atoms with Gasteiger partial charge in [-0.1, -0.05) is 0 Å². The molecule has 0 aliphatic carbocycles. The van der Waals surface area contributed by atoms with Gasteiger partial charge in [-0.05, 0) is 70.0 Å². The van der Waals surface area contributed by atoms with Crippen molar-refractivity contribution in [2.24, 2.45) is 5.92 Å². The van der Waals surface area contributed by atoms with Crippen molar-refractivity contribution in [1.82, 2.24) is 9.88 Å². The number of carbonyl (C=O) groups excluding carboxylic acids is 1. The van der Waals surface area contributed by atoms with E-state index in [2.05, 4.69) is 20.6 Å². The van der Waals surface area contributed by atoms with Crippen molar-refractivity contribution in [1.29, 1.82) is 0 Å². The van der Waals surface area contributed by atoms with Crippen LogP contribution in [0.3, 0.4) is 0 Å². The number of anilines is 1. The number of benzene rings is 1. The largest absolute Gasteiger partial charge is 0.491 e. The van der Waals surface area contributed by atoms with E-state index in [0.29, 0.717) is 6.61 Å². The molecule has 2 aliphatic rings. The Morgan fingerprint density at radius 1 is 1.28 bits per heavy atom. The third-order valence-corrected chi connectivity index (χ3v) is 6.41. The van der Waals surface area contributed by atoms with E-state index < -0.39 is 0 Å². The van der Waals surface area contributed by atoms with Crippen LogP contribution in [0.4, 0.5) is 5.69 Å². The minimum Gasteiger partial charge on any atom is -0.491 e. The number of nitrogens with one attached hydrogen (secondary N) is 1. The Kier molecular flexibility index (Phi) is 6.79. The highest BCUT2D eigenvalue weighted by molar-refractivity contribution is 7.09. The van der Waals surface area contributed by atoms with Gasteiger partial charge in [0.1, 0.15) is 12.4 Å². The van der Waals surface area contributed by atoms with Crippen molar-refractivity contribution in [3.05, 3.63) is 40.3 Å². The van der Waals surface area contributed by atoms with Crippen molar-refractivity contribution in [2.75, 3.05) is 31.6 Å². The van der Waals surface area contributed by atoms with Crippen molar-refractivity contribution in [2.45, 2.75) is 45.3 Å². The number of likely N-dealkylation sites (tertiary alicyclic amines) is 1. The summed E-state index contributed by atoms with van der Waals surface area (Å²) >= 11 is 1.69. The zero-order valence-corrected chi connectivity index (χ0v) is 17.7. The zero-order valence-electron chi connectivity index (χ0n) is 16.9. The molecular formula is C22H29N3O3S. The molecule has 1 amide bonds. The molecule has 0 spiro atoms. The minimum atomic E-state index is 0.0684. The third kappa shape index (κ3) is 5.78. The Morgan fingerprint density at radius 2 is 2.07 bits per heavy atom. The van der Waals surface area contributed by atoms with Gasteiger partial charge in [-0.25, -0.2) is 4.98 Å². The summed E-state index contributed by atoms with van der Waals surface area (Å²) in [6.45, 7) is 6.21.